The molecule has 4 heteroatoms. The molecule has 3 nitrogen and oxygen atoms in total. The SMILES string of the molecule is NC(Cc1ccccc1)C(=O)Nc1ccccc1Br. The van der Waals surface area contributed by atoms with Gasteiger partial charge in [-0.05, 0) is 40.0 Å². The maximum Gasteiger partial charge on any atom is 0.241 e. The van der Waals surface area contributed by atoms with Gasteiger partial charge in [-0.25, -0.2) is 0 Å². The lowest BCUT2D eigenvalue weighted by Crippen LogP contribution is -2.37. The molecular weight excluding hydrogens is 304 g/mol. The highest BCUT2D eigenvalue weighted by atomic mass is 79.9. The molecule has 0 saturated heterocycles. The van der Waals surface area contributed by atoms with Crippen molar-refractivity contribution in [3.05, 3.63) is 64.6 Å². The predicted octanol–water partition coefficient (Wildman–Crippen LogP) is 2.96. The number of para-hydroxylation sites is 1. The topological polar surface area (TPSA) is 55.1 Å². The minimum Gasteiger partial charge on any atom is -0.324 e. The second-order valence-corrected chi connectivity index (χ2v) is 5.12. The van der Waals surface area contributed by atoms with Crippen LogP contribution in [0, 0.1) is 0 Å². The van der Waals surface area contributed by atoms with Gasteiger partial charge in [-0.2, -0.15) is 0 Å². The highest BCUT2D eigenvalue weighted by Crippen LogP contribution is 2.21. The maximum absolute atomic E-state index is 12.0. The van der Waals surface area contributed by atoms with Crippen LogP contribution in [0.1, 0.15) is 5.56 Å². The molecule has 2 rings (SSSR count). The first kappa shape index (κ1) is 13.8. The van der Waals surface area contributed by atoms with E-state index in [9.17, 15) is 4.79 Å². The van der Waals surface area contributed by atoms with E-state index < -0.39 is 6.04 Å². The summed E-state index contributed by atoms with van der Waals surface area (Å²) in [5.41, 5.74) is 7.71. The third kappa shape index (κ3) is 3.91. The summed E-state index contributed by atoms with van der Waals surface area (Å²) in [6.07, 6.45) is 0.525. The van der Waals surface area contributed by atoms with E-state index in [1.807, 2.05) is 54.6 Å². The Bertz CT molecular complexity index is 557. The fraction of sp³-hybridized carbons (Fsp3) is 0.133. The summed E-state index contributed by atoms with van der Waals surface area (Å²) < 4.78 is 0.843. The van der Waals surface area contributed by atoms with Crippen molar-refractivity contribution in [2.75, 3.05) is 5.32 Å². The fourth-order valence-electron chi connectivity index (χ4n) is 1.75. The highest BCUT2D eigenvalue weighted by Gasteiger charge is 2.14. The van der Waals surface area contributed by atoms with Crippen molar-refractivity contribution in [2.45, 2.75) is 12.5 Å². The number of halogens is 1. The van der Waals surface area contributed by atoms with Gasteiger partial charge in [0.2, 0.25) is 5.91 Å². The number of carbonyl (C=O) groups excluding carboxylic acids is 1. The van der Waals surface area contributed by atoms with Gasteiger partial charge >= 0.3 is 0 Å². The van der Waals surface area contributed by atoms with Crippen molar-refractivity contribution in [1.82, 2.24) is 0 Å². The third-order valence-electron chi connectivity index (χ3n) is 2.77. The lowest BCUT2D eigenvalue weighted by molar-refractivity contribution is -0.117. The summed E-state index contributed by atoms with van der Waals surface area (Å²) in [5, 5.41) is 2.82. The van der Waals surface area contributed by atoms with Gasteiger partial charge in [0.1, 0.15) is 0 Å². The van der Waals surface area contributed by atoms with Crippen molar-refractivity contribution >= 4 is 27.5 Å². The van der Waals surface area contributed by atoms with Gasteiger partial charge in [0, 0.05) is 4.47 Å². The molecule has 0 heterocycles. The smallest absolute Gasteiger partial charge is 0.241 e. The minimum atomic E-state index is -0.561. The number of hydrogen-bond acceptors (Lipinski definition) is 2. The maximum atomic E-state index is 12.0. The molecule has 19 heavy (non-hydrogen) atoms. The van der Waals surface area contributed by atoms with Crippen LogP contribution < -0.4 is 11.1 Å². The Kier molecular flexibility index (Phi) is 4.71. The molecule has 1 unspecified atom stereocenters. The third-order valence-corrected chi connectivity index (χ3v) is 3.46. The van der Waals surface area contributed by atoms with E-state index in [0.29, 0.717) is 6.42 Å². The molecule has 0 fully saturated rings. The van der Waals surface area contributed by atoms with E-state index in [2.05, 4.69) is 21.2 Å². The summed E-state index contributed by atoms with van der Waals surface area (Å²) in [5.74, 6) is -0.184. The van der Waals surface area contributed by atoms with Crippen molar-refractivity contribution < 1.29 is 4.79 Å². The Labute approximate surface area is 121 Å². The van der Waals surface area contributed by atoms with Gasteiger partial charge in [0.05, 0.1) is 11.7 Å². The number of nitrogens with one attached hydrogen (secondary N) is 1. The molecule has 0 aliphatic rings. The molecule has 0 aliphatic carbocycles. The van der Waals surface area contributed by atoms with Crippen molar-refractivity contribution in [2.24, 2.45) is 5.73 Å². The Morgan fingerprint density at radius 1 is 1.11 bits per heavy atom. The van der Waals surface area contributed by atoms with Gasteiger partial charge in [-0.1, -0.05) is 42.5 Å². The van der Waals surface area contributed by atoms with Gasteiger partial charge in [0.15, 0.2) is 0 Å². The van der Waals surface area contributed by atoms with Crippen molar-refractivity contribution in [3.8, 4) is 0 Å². The lowest BCUT2D eigenvalue weighted by Gasteiger charge is -2.13. The molecule has 98 valence electrons. The van der Waals surface area contributed by atoms with E-state index in [-0.39, 0.29) is 5.91 Å². The molecule has 0 bridgehead atoms. The molecular formula is C15H15BrN2O. The average molecular weight is 319 g/mol. The summed E-state index contributed by atoms with van der Waals surface area (Å²) in [4.78, 5) is 12.0. The van der Waals surface area contributed by atoms with Crippen LogP contribution in [0.5, 0.6) is 0 Å². The first-order valence-corrected chi connectivity index (χ1v) is 6.81. The van der Waals surface area contributed by atoms with Crippen LogP contribution in [0.25, 0.3) is 0 Å². The zero-order valence-corrected chi connectivity index (χ0v) is 11.9. The quantitative estimate of drug-likeness (QED) is 0.910. The Morgan fingerprint density at radius 2 is 1.74 bits per heavy atom. The van der Waals surface area contributed by atoms with Crippen LogP contribution >= 0.6 is 15.9 Å². The van der Waals surface area contributed by atoms with Gasteiger partial charge in [-0.3, -0.25) is 4.79 Å². The largest absolute Gasteiger partial charge is 0.324 e. The molecule has 3 N–H and O–H groups in total. The molecule has 0 spiro atoms. The first-order valence-electron chi connectivity index (χ1n) is 6.01. The van der Waals surface area contributed by atoms with Crippen LogP contribution in [-0.4, -0.2) is 11.9 Å². The molecule has 0 saturated carbocycles. The lowest BCUT2D eigenvalue weighted by atomic mass is 10.1. The van der Waals surface area contributed by atoms with Crippen molar-refractivity contribution in [3.63, 3.8) is 0 Å². The van der Waals surface area contributed by atoms with E-state index in [1.165, 1.54) is 0 Å². The number of carbonyl (C=O) groups is 1. The summed E-state index contributed by atoms with van der Waals surface area (Å²) in [6.45, 7) is 0. The van der Waals surface area contributed by atoms with E-state index in [1.54, 1.807) is 0 Å². The predicted molar refractivity (Wildman–Crippen MR) is 80.9 cm³/mol. The second kappa shape index (κ2) is 6.50. The van der Waals surface area contributed by atoms with Crippen LogP contribution in [0.2, 0.25) is 0 Å². The zero-order valence-electron chi connectivity index (χ0n) is 10.3. The van der Waals surface area contributed by atoms with E-state index in [0.717, 1.165) is 15.7 Å². The number of rotatable bonds is 4. The normalized spacial score (nSPS) is 11.9. The fourth-order valence-corrected chi connectivity index (χ4v) is 2.13. The Balaban J connectivity index is 1.99. The minimum absolute atomic E-state index is 0.184. The molecule has 2 aromatic carbocycles. The van der Waals surface area contributed by atoms with E-state index >= 15 is 0 Å². The van der Waals surface area contributed by atoms with Gasteiger partial charge in [0.25, 0.3) is 0 Å². The number of benzene rings is 2. The molecule has 1 atom stereocenters. The highest BCUT2D eigenvalue weighted by molar-refractivity contribution is 9.10. The van der Waals surface area contributed by atoms with Crippen LogP contribution in [0.4, 0.5) is 5.69 Å². The van der Waals surface area contributed by atoms with E-state index in [4.69, 9.17) is 5.73 Å². The summed E-state index contributed by atoms with van der Waals surface area (Å²) in [7, 11) is 0. The zero-order chi connectivity index (χ0) is 13.7. The summed E-state index contributed by atoms with van der Waals surface area (Å²) in [6, 6.07) is 16.6. The summed E-state index contributed by atoms with van der Waals surface area (Å²) >= 11 is 3.39. The molecule has 1 amide bonds. The number of anilines is 1. The number of nitrogens with two attached hydrogens (primary N) is 1. The second-order valence-electron chi connectivity index (χ2n) is 4.27. The standard InChI is InChI=1S/C15H15BrN2O/c16-12-8-4-5-9-14(12)18-15(19)13(17)10-11-6-2-1-3-7-11/h1-9,13H,10,17H2,(H,18,19). The van der Waals surface area contributed by atoms with Gasteiger partial charge in [-0.15, -0.1) is 0 Å². The molecule has 0 radical (unpaired) electrons. The van der Waals surface area contributed by atoms with Crippen LogP contribution in [0.3, 0.4) is 0 Å². The Hall–Kier alpha value is -1.65. The number of hydrogen-bond donors (Lipinski definition) is 2. The van der Waals surface area contributed by atoms with Crippen molar-refractivity contribution in [1.29, 1.82) is 0 Å². The molecule has 0 aromatic heterocycles. The number of amides is 1. The average Bonchev–Trinajstić information content (AvgIpc) is 2.42. The van der Waals surface area contributed by atoms with Gasteiger partial charge < -0.3 is 11.1 Å². The molecule has 2 aromatic rings. The molecule has 0 aliphatic heterocycles. The Morgan fingerprint density at radius 3 is 2.42 bits per heavy atom. The monoisotopic (exact) mass is 318 g/mol. The first-order chi connectivity index (χ1) is 9.16. The van der Waals surface area contributed by atoms with Crippen LogP contribution in [-0.2, 0) is 11.2 Å². The van der Waals surface area contributed by atoms with Crippen LogP contribution in [0.15, 0.2) is 59.1 Å².